The molecule has 0 aliphatic carbocycles. The molecule has 1 saturated heterocycles. The van der Waals surface area contributed by atoms with Gasteiger partial charge in [0.05, 0.1) is 39.1 Å². The van der Waals surface area contributed by atoms with Crippen LogP contribution in [0.2, 0.25) is 0 Å². The molecule has 0 N–H and O–H groups in total. The van der Waals surface area contributed by atoms with Gasteiger partial charge in [-0.05, 0) is 29.8 Å². The number of methoxy groups -OCH3 is 2. The zero-order valence-electron chi connectivity index (χ0n) is 16.3. The summed E-state index contributed by atoms with van der Waals surface area (Å²) < 4.78 is 17.8. The molecule has 3 aromatic rings. The van der Waals surface area contributed by atoms with Gasteiger partial charge in [0.1, 0.15) is 11.4 Å². The maximum absolute atomic E-state index is 11.7. The summed E-state index contributed by atoms with van der Waals surface area (Å²) in [6.45, 7) is 1.85. The van der Waals surface area contributed by atoms with Crippen LogP contribution in [-0.4, -0.2) is 48.3 Å². The number of ether oxygens (including phenoxy) is 3. The van der Waals surface area contributed by atoms with Crippen molar-refractivity contribution in [2.45, 2.75) is 12.8 Å². The summed E-state index contributed by atoms with van der Waals surface area (Å²) in [7, 11) is 3.02. The highest BCUT2D eigenvalue weighted by molar-refractivity contribution is 5.89. The minimum atomic E-state index is -0.362. The maximum Gasteiger partial charge on any atom is 0.337 e. The molecule has 29 heavy (non-hydrogen) atoms. The zero-order chi connectivity index (χ0) is 20.2. The highest BCUT2D eigenvalue weighted by Gasteiger charge is 2.30. The fourth-order valence-electron chi connectivity index (χ4n) is 3.37. The van der Waals surface area contributed by atoms with Gasteiger partial charge in [0.25, 0.3) is 0 Å². The number of rotatable bonds is 6. The van der Waals surface area contributed by atoms with Crippen LogP contribution in [0.3, 0.4) is 0 Å². The van der Waals surface area contributed by atoms with Crippen LogP contribution in [0, 0.1) is 0 Å². The first-order chi connectivity index (χ1) is 14.2. The number of hydrogen-bond acceptors (Lipinski definition) is 7. The lowest BCUT2D eigenvalue weighted by molar-refractivity contribution is 0.0600. The Morgan fingerprint density at radius 3 is 2.90 bits per heavy atom. The topological polar surface area (TPSA) is 78.7 Å². The van der Waals surface area contributed by atoms with Crippen molar-refractivity contribution in [3.8, 4) is 5.75 Å². The monoisotopic (exact) mass is 394 g/mol. The Morgan fingerprint density at radius 1 is 1.21 bits per heavy atom. The SMILES string of the molecule is COC(=O)c1cccc(Cn2cc([C@H]3OCCN3c3cccc(OC)c3)nn2)c1. The Bertz CT molecular complexity index is 1000. The van der Waals surface area contributed by atoms with Crippen molar-refractivity contribution >= 4 is 11.7 Å². The Kier molecular flexibility index (Phi) is 5.44. The van der Waals surface area contributed by atoms with E-state index in [2.05, 4.69) is 15.2 Å². The third-order valence-electron chi connectivity index (χ3n) is 4.78. The van der Waals surface area contributed by atoms with E-state index in [4.69, 9.17) is 14.2 Å². The number of esters is 1. The van der Waals surface area contributed by atoms with Crippen LogP contribution in [-0.2, 0) is 16.0 Å². The first kappa shape index (κ1) is 18.9. The van der Waals surface area contributed by atoms with Crippen LogP contribution in [0.25, 0.3) is 0 Å². The predicted molar refractivity (Wildman–Crippen MR) is 106 cm³/mol. The van der Waals surface area contributed by atoms with E-state index in [1.165, 1.54) is 7.11 Å². The highest BCUT2D eigenvalue weighted by atomic mass is 16.5. The van der Waals surface area contributed by atoms with Crippen LogP contribution in [0.5, 0.6) is 5.75 Å². The summed E-state index contributed by atoms with van der Waals surface area (Å²) in [4.78, 5) is 13.9. The standard InChI is InChI=1S/C21H22N4O4/c1-27-18-8-4-7-17(12-18)25-9-10-29-20(25)19-14-24(23-22-19)13-15-5-3-6-16(11-15)21(26)28-2/h3-8,11-12,14,20H,9-10,13H2,1-2H3/t20-/m1/s1. The maximum atomic E-state index is 11.7. The van der Waals surface area contributed by atoms with Gasteiger partial charge in [0.15, 0.2) is 6.23 Å². The first-order valence-electron chi connectivity index (χ1n) is 9.27. The van der Waals surface area contributed by atoms with Crippen LogP contribution in [0.1, 0.15) is 27.8 Å². The molecular weight excluding hydrogens is 372 g/mol. The van der Waals surface area contributed by atoms with Crippen LogP contribution in [0.15, 0.2) is 54.7 Å². The molecule has 150 valence electrons. The van der Waals surface area contributed by atoms with Gasteiger partial charge in [-0.1, -0.05) is 23.4 Å². The number of nitrogens with zero attached hydrogens (tertiary/aromatic N) is 4. The molecule has 2 heterocycles. The van der Waals surface area contributed by atoms with E-state index in [0.29, 0.717) is 18.7 Å². The summed E-state index contributed by atoms with van der Waals surface area (Å²) in [5, 5.41) is 8.54. The molecule has 1 atom stereocenters. The molecular formula is C21H22N4O4. The summed E-state index contributed by atoms with van der Waals surface area (Å²) in [6.07, 6.45) is 1.56. The molecule has 0 radical (unpaired) electrons. The van der Waals surface area contributed by atoms with Crippen molar-refractivity contribution in [3.63, 3.8) is 0 Å². The summed E-state index contributed by atoms with van der Waals surface area (Å²) >= 11 is 0. The van der Waals surface area contributed by atoms with Crippen molar-refractivity contribution in [1.29, 1.82) is 0 Å². The lowest BCUT2D eigenvalue weighted by Gasteiger charge is -2.23. The van der Waals surface area contributed by atoms with E-state index in [9.17, 15) is 4.79 Å². The van der Waals surface area contributed by atoms with Crippen LogP contribution < -0.4 is 9.64 Å². The zero-order valence-corrected chi connectivity index (χ0v) is 16.3. The molecule has 0 bridgehead atoms. The highest BCUT2D eigenvalue weighted by Crippen LogP contribution is 2.32. The van der Waals surface area contributed by atoms with Gasteiger partial charge in [-0.25, -0.2) is 9.48 Å². The second-order valence-corrected chi connectivity index (χ2v) is 6.65. The normalized spacial score (nSPS) is 16.1. The average Bonchev–Trinajstić information content (AvgIpc) is 3.43. The minimum absolute atomic E-state index is 0.308. The Labute approximate surface area is 168 Å². The molecule has 1 fully saturated rings. The number of carbonyl (C=O) groups is 1. The first-order valence-corrected chi connectivity index (χ1v) is 9.27. The van der Waals surface area contributed by atoms with Crippen molar-refractivity contribution in [2.24, 2.45) is 0 Å². The van der Waals surface area contributed by atoms with Crippen molar-refractivity contribution in [1.82, 2.24) is 15.0 Å². The van der Waals surface area contributed by atoms with Gasteiger partial charge in [-0.2, -0.15) is 0 Å². The van der Waals surface area contributed by atoms with Crippen LogP contribution in [0.4, 0.5) is 5.69 Å². The molecule has 1 aliphatic rings. The second kappa shape index (κ2) is 8.32. The van der Waals surface area contributed by atoms with Gasteiger partial charge < -0.3 is 19.1 Å². The smallest absolute Gasteiger partial charge is 0.337 e. The number of benzene rings is 2. The third kappa shape index (κ3) is 4.07. The second-order valence-electron chi connectivity index (χ2n) is 6.65. The lowest BCUT2D eigenvalue weighted by atomic mass is 10.1. The van der Waals surface area contributed by atoms with E-state index in [0.717, 1.165) is 29.2 Å². The summed E-state index contributed by atoms with van der Waals surface area (Å²) in [5.74, 6) is 0.432. The third-order valence-corrected chi connectivity index (χ3v) is 4.78. The molecule has 0 spiro atoms. The van der Waals surface area contributed by atoms with Crippen molar-refractivity contribution < 1.29 is 19.0 Å². The molecule has 1 aromatic heterocycles. The fraction of sp³-hybridized carbons (Fsp3) is 0.286. The fourth-order valence-corrected chi connectivity index (χ4v) is 3.37. The number of hydrogen-bond donors (Lipinski definition) is 0. The van der Waals surface area contributed by atoms with E-state index in [1.807, 2.05) is 42.6 Å². The van der Waals surface area contributed by atoms with E-state index < -0.39 is 0 Å². The molecule has 0 amide bonds. The van der Waals surface area contributed by atoms with Crippen molar-refractivity contribution in [2.75, 3.05) is 32.3 Å². The quantitative estimate of drug-likeness (QED) is 0.595. The molecule has 2 aromatic carbocycles. The molecule has 1 aliphatic heterocycles. The molecule has 0 unspecified atom stereocenters. The van der Waals surface area contributed by atoms with E-state index in [-0.39, 0.29) is 12.2 Å². The van der Waals surface area contributed by atoms with E-state index >= 15 is 0 Å². The minimum Gasteiger partial charge on any atom is -0.497 e. The molecule has 4 rings (SSSR count). The van der Waals surface area contributed by atoms with E-state index in [1.54, 1.807) is 23.9 Å². The number of carbonyl (C=O) groups excluding carboxylic acids is 1. The summed E-state index contributed by atoms with van der Waals surface area (Å²) in [5.41, 5.74) is 3.18. The Balaban J connectivity index is 1.52. The molecule has 8 nitrogen and oxygen atoms in total. The number of anilines is 1. The van der Waals surface area contributed by atoms with Gasteiger partial charge in [0.2, 0.25) is 0 Å². The predicted octanol–water partition coefficient (Wildman–Crippen LogP) is 2.66. The lowest BCUT2D eigenvalue weighted by Crippen LogP contribution is -2.23. The van der Waals surface area contributed by atoms with Crippen molar-refractivity contribution in [3.05, 3.63) is 71.5 Å². The largest absolute Gasteiger partial charge is 0.497 e. The van der Waals surface area contributed by atoms with Gasteiger partial charge in [0, 0.05) is 18.3 Å². The molecule has 0 saturated carbocycles. The Hall–Kier alpha value is -3.39. The summed E-state index contributed by atoms with van der Waals surface area (Å²) in [6, 6.07) is 15.1. The van der Waals surface area contributed by atoms with Gasteiger partial charge in [-0.15, -0.1) is 5.10 Å². The van der Waals surface area contributed by atoms with Gasteiger partial charge in [-0.3, -0.25) is 0 Å². The van der Waals surface area contributed by atoms with Gasteiger partial charge >= 0.3 is 5.97 Å². The molecule has 8 heteroatoms. The average molecular weight is 394 g/mol. The van der Waals surface area contributed by atoms with Crippen LogP contribution >= 0.6 is 0 Å². The number of aromatic nitrogens is 3. The Morgan fingerprint density at radius 2 is 2.07 bits per heavy atom.